The summed E-state index contributed by atoms with van der Waals surface area (Å²) in [6.07, 6.45) is 0.639. The van der Waals surface area contributed by atoms with Crippen LogP contribution in [-0.4, -0.2) is 16.3 Å². The minimum Gasteiger partial charge on any atom is -0.368 e. The molecule has 8 heteroatoms. The van der Waals surface area contributed by atoms with Crippen molar-refractivity contribution in [1.82, 2.24) is 9.97 Å². The van der Waals surface area contributed by atoms with Crippen LogP contribution in [0.4, 0.5) is 5.95 Å². The Labute approximate surface area is 163 Å². The quantitative estimate of drug-likeness (QED) is 0.550. The van der Waals surface area contributed by atoms with Gasteiger partial charge in [0.2, 0.25) is 5.95 Å². The van der Waals surface area contributed by atoms with Gasteiger partial charge in [-0.2, -0.15) is 0 Å². The number of nitrogen functional groups attached to an aromatic ring is 1. The van der Waals surface area contributed by atoms with E-state index in [0.717, 1.165) is 0 Å². The molecule has 0 aliphatic rings. The fourth-order valence-electron chi connectivity index (χ4n) is 2.37. The first kappa shape index (κ1) is 18.0. The van der Waals surface area contributed by atoms with Crippen molar-refractivity contribution >= 4 is 58.6 Å². The van der Waals surface area contributed by atoms with Crippen molar-refractivity contribution in [3.05, 3.63) is 62.1 Å². The Morgan fingerprint density at radius 2 is 1.24 bits per heavy atom. The van der Waals surface area contributed by atoms with Crippen LogP contribution in [0, 0.1) is 0 Å². The van der Waals surface area contributed by atoms with E-state index in [1.54, 1.807) is 36.4 Å². The van der Waals surface area contributed by atoms with E-state index in [1.807, 2.05) is 0 Å². The fraction of sp³-hybridized carbons (Fsp3) is 0. The number of benzene rings is 2. The SMILES string of the molecule is Nc1nc(-c2ccc(Cl)cc2Cl)c(C=O)c(-c2ccc(Cl)cc2Cl)n1. The van der Waals surface area contributed by atoms with Crippen LogP contribution in [0.25, 0.3) is 22.5 Å². The van der Waals surface area contributed by atoms with Crippen LogP contribution >= 0.6 is 46.4 Å². The molecule has 0 bridgehead atoms. The minimum absolute atomic E-state index is 0.0207. The van der Waals surface area contributed by atoms with E-state index in [2.05, 4.69) is 9.97 Å². The predicted molar refractivity (Wildman–Crippen MR) is 103 cm³/mol. The molecule has 1 aromatic heterocycles. The highest BCUT2D eigenvalue weighted by Crippen LogP contribution is 2.37. The number of aromatic nitrogens is 2. The molecule has 4 nitrogen and oxygen atoms in total. The standard InChI is InChI=1S/C17H9Cl4N3O/c18-8-1-3-10(13(20)5-8)15-12(7-25)16(24-17(22)23-15)11-4-2-9(19)6-14(11)21/h1-7H,(H2,22,23,24). The molecule has 0 saturated carbocycles. The Morgan fingerprint density at radius 3 is 1.60 bits per heavy atom. The molecule has 0 unspecified atom stereocenters. The molecule has 0 saturated heterocycles. The Balaban J connectivity index is 2.32. The van der Waals surface area contributed by atoms with Gasteiger partial charge in [0.1, 0.15) is 0 Å². The highest BCUT2D eigenvalue weighted by molar-refractivity contribution is 6.37. The lowest BCUT2D eigenvalue weighted by atomic mass is 10.0. The molecule has 0 spiro atoms. The summed E-state index contributed by atoms with van der Waals surface area (Å²) in [7, 11) is 0. The van der Waals surface area contributed by atoms with Crippen molar-refractivity contribution in [3.8, 4) is 22.5 Å². The topological polar surface area (TPSA) is 68.9 Å². The number of aldehydes is 1. The van der Waals surface area contributed by atoms with Gasteiger partial charge in [-0.1, -0.05) is 46.4 Å². The second-order valence-corrected chi connectivity index (χ2v) is 6.75. The third-order valence-electron chi connectivity index (χ3n) is 3.45. The van der Waals surface area contributed by atoms with Gasteiger partial charge in [0.05, 0.1) is 27.0 Å². The zero-order chi connectivity index (χ0) is 18.1. The largest absolute Gasteiger partial charge is 0.368 e. The van der Waals surface area contributed by atoms with Crippen LogP contribution in [0.3, 0.4) is 0 Å². The Hall–Kier alpha value is -1.85. The maximum absolute atomic E-state index is 11.8. The van der Waals surface area contributed by atoms with E-state index in [9.17, 15) is 4.79 Å². The van der Waals surface area contributed by atoms with Gasteiger partial charge >= 0.3 is 0 Å². The molecule has 0 fully saturated rings. The zero-order valence-electron chi connectivity index (χ0n) is 12.4. The Kier molecular flexibility index (Phi) is 5.16. The van der Waals surface area contributed by atoms with Crippen molar-refractivity contribution in [1.29, 1.82) is 0 Å². The van der Waals surface area contributed by atoms with Gasteiger partial charge in [-0.3, -0.25) is 4.79 Å². The van der Waals surface area contributed by atoms with Gasteiger partial charge in [-0.25, -0.2) is 9.97 Å². The summed E-state index contributed by atoms with van der Waals surface area (Å²) in [4.78, 5) is 20.2. The number of rotatable bonds is 3. The van der Waals surface area contributed by atoms with E-state index in [4.69, 9.17) is 52.1 Å². The fourth-order valence-corrected chi connectivity index (χ4v) is 3.37. The van der Waals surface area contributed by atoms with Gasteiger partial charge in [-0.05, 0) is 36.4 Å². The van der Waals surface area contributed by atoms with E-state index < -0.39 is 0 Å². The number of hydrogen-bond acceptors (Lipinski definition) is 4. The number of nitrogens with two attached hydrogens (primary N) is 1. The second kappa shape index (κ2) is 7.18. The molecule has 126 valence electrons. The van der Waals surface area contributed by atoms with Crippen molar-refractivity contribution in [2.45, 2.75) is 0 Å². The molecule has 0 radical (unpaired) electrons. The van der Waals surface area contributed by atoms with Gasteiger partial charge in [-0.15, -0.1) is 0 Å². The molecule has 0 amide bonds. The van der Waals surface area contributed by atoms with E-state index in [-0.39, 0.29) is 11.5 Å². The summed E-state index contributed by atoms with van der Waals surface area (Å²) >= 11 is 24.4. The lowest BCUT2D eigenvalue weighted by molar-refractivity contribution is 0.112. The average molecular weight is 413 g/mol. The number of carbonyl (C=O) groups excluding carboxylic acids is 1. The maximum atomic E-state index is 11.8. The summed E-state index contributed by atoms with van der Waals surface area (Å²) in [5.41, 5.74) is 7.66. The van der Waals surface area contributed by atoms with Gasteiger partial charge < -0.3 is 5.73 Å². The van der Waals surface area contributed by atoms with Crippen molar-refractivity contribution in [2.24, 2.45) is 0 Å². The van der Waals surface area contributed by atoms with Crippen LogP contribution in [0.2, 0.25) is 20.1 Å². The van der Waals surface area contributed by atoms with Crippen molar-refractivity contribution < 1.29 is 4.79 Å². The van der Waals surface area contributed by atoms with Crippen LogP contribution in [-0.2, 0) is 0 Å². The molecular weight excluding hydrogens is 404 g/mol. The third kappa shape index (κ3) is 3.58. The van der Waals surface area contributed by atoms with Gasteiger partial charge in [0, 0.05) is 21.2 Å². The normalized spacial score (nSPS) is 10.7. The molecule has 0 aliphatic heterocycles. The van der Waals surface area contributed by atoms with Crippen LogP contribution < -0.4 is 5.73 Å². The second-order valence-electron chi connectivity index (χ2n) is 5.06. The van der Waals surface area contributed by atoms with E-state index in [1.165, 1.54) is 0 Å². The zero-order valence-corrected chi connectivity index (χ0v) is 15.5. The summed E-state index contributed by atoms with van der Waals surface area (Å²) in [6, 6.07) is 9.72. The van der Waals surface area contributed by atoms with Crippen LogP contribution in [0.5, 0.6) is 0 Å². The lowest BCUT2D eigenvalue weighted by Gasteiger charge is -2.13. The first-order valence-electron chi connectivity index (χ1n) is 6.94. The van der Waals surface area contributed by atoms with Gasteiger partial charge in [0.15, 0.2) is 6.29 Å². The predicted octanol–water partition coefficient (Wildman–Crippen LogP) is 5.82. The first-order valence-corrected chi connectivity index (χ1v) is 8.45. The van der Waals surface area contributed by atoms with Crippen molar-refractivity contribution in [3.63, 3.8) is 0 Å². The summed E-state index contributed by atoms with van der Waals surface area (Å²) in [5, 5.41) is 1.59. The number of halogens is 4. The molecule has 0 atom stereocenters. The molecule has 3 aromatic rings. The molecule has 2 aromatic carbocycles. The highest BCUT2D eigenvalue weighted by atomic mass is 35.5. The summed E-state index contributed by atoms with van der Waals surface area (Å²) < 4.78 is 0. The van der Waals surface area contributed by atoms with Crippen LogP contribution in [0.1, 0.15) is 10.4 Å². The average Bonchev–Trinajstić information content (AvgIpc) is 2.54. The highest BCUT2D eigenvalue weighted by Gasteiger charge is 2.20. The Morgan fingerprint density at radius 1 is 0.800 bits per heavy atom. The molecule has 25 heavy (non-hydrogen) atoms. The smallest absolute Gasteiger partial charge is 0.221 e. The van der Waals surface area contributed by atoms with Crippen LogP contribution in [0.15, 0.2) is 36.4 Å². The lowest BCUT2D eigenvalue weighted by Crippen LogP contribution is -2.05. The van der Waals surface area contributed by atoms with Gasteiger partial charge in [0.25, 0.3) is 0 Å². The van der Waals surface area contributed by atoms with E-state index >= 15 is 0 Å². The van der Waals surface area contributed by atoms with E-state index in [0.29, 0.717) is 48.9 Å². The van der Waals surface area contributed by atoms with Crippen molar-refractivity contribution in [2.75, 3.05) is 5.73 Å². The number of carbonyl (C=O) groups is 1. The Bertz CT molecular complexity index is 919. The maximum Gasteiger partial charge on any atom is 0.221 e. The summed E-state index contributed by atoms with van der Waals surface area (Å²) in [6.45, 7) is 0. The molecule has 2 N–H and O–H groups in total. The molecule has 3 rings (SSSR count). The number of nitrogens with zero attached hydrogens (tertiary/aromatic N) is 2. The minimum atomic E-state index is -0.0207. The first-order chi connectivity index (χ1) is 11.9. The summed E-state index contributed by atoms with van der Waals surface area (Å²) in [5.74, 6) is -0.0207. The molecule has 1 heterocycles. The third-order valence-corrected chi connectivity index (χ3v) is 4.55. The number of anilines is 1. The molecule has 0 aliphatic carbocycles. The number of hydrogen-bond donors (Lipinski definition) is 1. The molecular formula is C17H9Cl4N3O. The monoisotopic (exact) mass is 411 g/mol.